The molecule has 0 heterocycles. The number of amides is 2. The lowest BCUT2D eigenvalue weighted by Crippen LogP contribution is -2.46. The van der Waals surface area contributed by atoms with Crippen molar-refractivity contribution in [2.75, 3.05) is 13.1 Å². The first-order valence-corrected chi connectivity index (χ1v) is 6.36. The van der Waals surface area contributed by atoms with E-state index >= 15 is 0 Å². The molecule has 104 valence electrons. The van der Waals surface area contributed by atoms with Crippen molar-refractivity contribution in [1.29, 1.82) is 0 Å². The van der Waals surface area contributed by atoms with E-state index in [-0.39, 0.29) is 18.2 Å². The molecule has 0 radical (unpaired) electrons. The molecule has 0 aromatic rings. The highest BCUT2D eigenvalue weighted by molar-refractivity contribution is 5.89. The third kappa shape index (κ3) is 7.78. The van der Waals surface area contributed by atoms with Gasteiger partial charge >= 0.3 is 0 Å². The van der Waals surface area contributed by atoms with Crippen molar-refractivity contribution in [3.05, 3.63) is 0 Å². The van der Waals surface area contributed by atoms with E-state index in [1.54, 1.807) is 6.92 Å². The topological polar surface area (TPSA) is 101 Å². The maximum Gasteiger partial charge on any atom is 0.243 e. The van der Waals surface area contributed by atoms with Crippen LogP contribution < -0.4 is 16.4 Å². The normalized spacial score (nSPS) is 11.7. The maximum absolute atomic E-state index is 11.6. The van der Waals surface area contributed by atoms with Crippen LogP contribution in [0.15, 0.2) is 0 Å². The largest absolute Gasteiger partial charge is 0.355 e. The molecule has 0 saturated heterocycles. The first kappa shape index (κ1) is 16.6. The van der Waals surface area contributed by atoms with Crippen LogP contribution in [0.2, 0.25) is 0 Å². The number of carbonyl (C=O) groups is 3. The molecule has 0 aromatic carbocycles. The number of nitrogens with two attached hydrogens (primary N) is 1. The Morgan fingerprint density at radius 2 is 2.00 bits per heavy atom. The van der Waals surface area contributed by atoms with Crippen molar-refractivity contribution in [2.24, 2.45) is 5.73 Å². The number of carbonyl (C=O) groups excluding carboxylic acids is 3. The van der Waals surface area contributed by atoms with E-state index in [1.807, 2.05) is 0 Å². The van der Waals surface area contributed by atoms with Crippen molar-refractivity contribution in [2.45, 2.75) is 45.1 Å². The Morgan fingerprint density at radius 3 is 2.56 bits per heavy atom. The van der Waals surface area contributed by atoms with Crippen molar-refractivity contribution < 1.29 is 14.4 Å². The molecule has 0 rings (SSSR count). The number of aldehydes is 1. The zero-order valence-corrected chi connectivity index (χ0v) is 10.9. The second kappa shape index (κ2) is 10.7. The summed E-state index contributed by atoms with van der Waals surface area (Å²) in [6.45, 7) is 2.87. The molecule has 0 aliphatic rings. The van der Waals surface area contributed by atoms with E-state index in [4.69, 9.17) is 5.73 Å². The van der Waals surface area contributed by atoms with Gasteiger partial charge in [-0.1, -0.05) is 6.42 Å². The van der Waals surface area contributed by atoms with Crippen LogP contribution in [0.5, 0.6) is 0 Å². The first-order chi connectivity index (χ1) is 8.65. The van der Waals surface area contributed by atoms with E-state index < -0.39 is 6.04 Å². The van der Waals surface area contributed by atoms with Gasteiger partial charge in [-0.05, 0) is 26.3 Å². The molecular weight excluding hydrogens is 234 g/mol. The van der Waals surface area contributed by atoms with E-state index in [9.17, 15) is 14.4 Å². The van der Waals surface area contributed by atoms with Crippen LogP contribution in [0.3, 0.4) is 0 Å². The minimum atomic E-state index is -0.760. The summed E-state index contributed by atoms with van der Waals surface area (Å²) < 4.78 is 0. The van der Waals surface area contributed by atoms with Gasteiger partial charge in [0.2, 0.25) is 11.8 Å². The molecule has 6 heteroatoms. The van der Waals surface area contributed by atoms with E-state index in [0.29, 0.717) is 25.8 Å². The van der Waals surface area contributed by atoms with Gasteiger partial charge in [0.25, 0.3) is 0 Å². The van der Waals surface area contributed by atoms with Gasteiger partial charge in [-0.15, -0.1) is 0 Å². The number of hydrogen-bond acceptors (Lipinski definition) is 4. The minimum Gasteiger partial charge on any atom is -0.355 e. The smallest absolute Gasteiger partial charge is 0.243 e. The highest BCUT2D eigenvalue weighted by atomic mass is 16.2. The van der Waals surface area contributed by atoms with Crippen molar-refractivity contribution >= 4 is 18.1 Å². The zero-order chi connectivity index (χ0) is 13.8. The zero-order valence-electron chi connectivity index (χ0n) is 10.9. The highest BCUT2D eigenvalue weighted by Crippen LogP contribution is 1.99. The van der Waals surface area contributed by atoms with Gasteiger partial charge in [0.05, 0.1) is 0 Å². The summed E-state index contributed by atoms with van der Waals surface area (Å²) in [6.07, 6.45) is 3.51. The monoisotopic (exact) mass is 257 g/mol. The first-order valence-electron chi connectivity index (χ1n) is 6.36. The molecule has 0 bridgehead atoms. The average molecular weight is 257 g/mol. The number of rotatable bonds is 10. The van der Waals surface area contributed by atoms with Crippen molar-refractivity contribution in [3.63, 3.8) is 0 Å². The Hall–Kier alpha value is -1.43. The second-order valence-electron chi connectivity index (χ2n) is 4.02. The predicted octanol–water partition coefficient (Wildman–Crippen LogP) is -0.285. The lowest BCUT2D eigenvalue weighted by Gasteiger charge is -2.15. The van der Waals surface area contributed by atoms with Gasteiger partial charge in [-0.3, -0.25) is 9.59 Å². The van der Waals surface area contributed by atoms with Gasteiger partial charge in [0, 0.05) is 19.4 Å². The molecule has 2 amide bonds. The molecule has 4 N–H and O–H groups in total. The van der Waals surface area contributed by atoms with Crippen LogP contribution in [0.25, 0.3) is 0 Å². The van der Waals surface area contributed by atoms with Gasteiger partial charge in [0.15, 0.2) is 0 Å². The number of likely N-dealkylation sites (N-methyl/N-ethyl adjacent to an activating group) is 1. The Labute approximate surface area is 108 Å². The van der Waals surface area contributed by atoms with Gasteiger partial charge in [0.1, 0.15) is 12.3 Å². The summed E-state index contributed by atoms with van der Waals surface area (Å²) in [4.78, 5) is 33.6. The number of hydrogen-bond donors (Lipinski definition) is 3. The summed E-state index contributed by atoms with van der Waals surface area (Å²) in [5, 5.41) is 5.15. The summed E-state index contributed by atoms with van der Waals surface area (Å²) >= 11 is 0. The third-order valence-electron chi connectivity index (χ3n) is 2.44. The van der Waals surface area contributed by atoms with Gasteiger partial charge in [-0.25, -0.2) is 0 Å². The fraction of sp³-hybridized carbons (Fsp3) is 0.750. The number of nitrogens with one attached hydrogen (secondary N) is 2. The lowest BCUT2D eigenvalue weighted by atomic mass is 10.1. The van der Waals surface area contributed by atoms with Crippen LogP contribution in [0, 0.1) is 0 Å². The van der Waals surface area contributed by atoms with Crippen molar-refractivity contribution in [1.82, 2.24) is 10.6 Å². The minimum absolute atomic E-state index is 0.000370. The van der Waals surface area contributed by atoms with Crippen LogP contribution in [-0.4, -0.2) is 37.2 Å². The predicted molar refractivity (Wildman–Crippen MR) is 68.8 cm³/mol. The average Bonchev–Trinajstić information content (AvgIpc) is 2.34. The van der Waals surface area contributed by atoms with Gasteiger partial charge < -0.3 is 21.2 Å². The molecule has 0 fully saturated rings. The Kier molecular flexibility index (Phi) is 9.86. The fourth-order valence-electron chi connectivity index (χ4n) is 1.50. The summed E-state index contributed by atoms with van der Waals surface area (Å²) in [5.74, 6) is -0.523. The van der Waals surface area contributed by atoms with E-state index in [0.717, 1.165) is 19.3 Å². The molecule has 0 aromatic heterocycles. The van der Waals surface area contributed by atoms with Crippen LogP contribution in [0.1, 0.15) is 39.0 Å². The molecule has 1 atom stereocenters. The summed E-state index contributed by atoms with van der Waals surface area (Å²) in [5.41, 5.74) is 5.35. The highest BCUT2D eigenvalue weighted by Gasteiger charge is 2.19. The van der Waals surface area contributed by atoms with E-state index in [1.165, 1.54) is 0 Å². The quantitative estimate of drug-likeness (QED) is 0.370. The second-order valence-corrected chi connectivity index (χ2v) is 4.02. The standard InChI is InChI=1S/C12H23N3O3/c1-2-14-12(18)10(7-9-16)15-11(17)6-4-3-5-8-13/h9-10H,2-8,13H2,1H3,(H,14,18)(H,15,17)/t10-/m0/s1. The number of unbranched alkanes of at least 4 members (excludes halogenated alkanes) is 2. The van der Waals surface area contributed by atoms with Crippen LogP contribution >= 0.6 is 0 Å². The molecule has 0 spiro atoms. The maximum atomic E-state index is 11.6. The molecule has 18 heavy (non-hydrogen) atoms. The lowest BCUT2D eigenvalue weighted by molar-refractivity contribution is -0.129. The molecule has 0 aliphatic carbocycles. The third-order valence-corrected chi connectivity index (χ3v) is 2.44. The van der Waals surface area contributed by atoms with Crippen LogP contribution in [-0.2, 0) is 14.4 Å². The molecule has 0 aliphatic heterocycles. The van der Waals surface area contributed by atoms with Crippen LogP contribution in [0.4, 0.5) is 0 Å². The molecule has 6 nitrogen and oxygen atoms in total. The Morgan fingerprint density at radius 1 is 1.28 bits per heavy atom. The summed E-state index contributed by atoms with van der Waals surface area (Å²) in [6, 6.07) is -0.760. The van der Waals surface area contributed by atoms with Crippen molar-refractivity contribution in [3.8, 4) is 0 Å². The Balaban J connectivity index is 4.02. The SMILES string of the molecule is CCNC(=O)[C@H](CC=O)NC(=O)CCCCCN. The summed E-state index contributed by atoms with van der Waals surface area (Å²) in [7, 11) is 0. The molecular formula is C12H23N3O3. The fourth-order valence-corrected chi connectivity index (χ4v) is 1.50. The Bertz CT molecular complexity index is 269. The molecule has 0 unspecified atom stereocenters. The molecule has 0 saturated carbocycles. The van der Waals surface area contributed by atoms with Gasteiger partial charge in [-0.2, -0.15) is 0 Å². The van der Waals surface area contributed by atoms with E-state index in [2.05, 4.69) is 10.6 Å².